The smallest absolute Gasteiger partial charge is 0.118 e. The van der Waals surface area contributed by atoms with Crippen molar-refractivity contribution in [1.29, 1.82) is 0 Å². The summed E-state index contributed by atoms with van der Waals surface area (Å²) >= 11 is 0. The zero-order chi connectivity index (χ0) is 6.41. The van der Waals surface area contributed by atoms with Crippen molar-refractivity contribution in [2.75, 3.05) is 0 Å². The molecular formula is C6H10N2. The second-order valence-electron chi connectivity index (χ2n) is 1.31. The maximum Gasteiger partial charge on any atom is 0.118 e. The topological polar surface area (TPSA) is 38.4 Å². The number of allylic oxidation sites excluding steroid dienone is 2. The van der Waals surface area contributed by atoms with E-state index in [4.69, 9.17) is 5.73 Å². The van der Waals surface area contributed by atoms with Crippen molar-refractivity contribution in [3.63, 3.8) is 0 Å². The highest BCUT2D eigenvalue weighted by atomic mass is 14.9. The average Bonchev–Trinajstić information content (AvgIpc) is 1.83. The Balaban J connectivity index is 3.56. The van der Waals surface area contributed by atoms with E-state index in [-0.39, 0.29) is 0 Å². The zero-order valence-corrected chi connectivity index (χ0v) is 4.80. The van der Waals surface area contributed by atoms with Gasteiger partial charge in [0, 0.05) is 0 Å². The molecule has 0 aliphatic rings. The first kappa shape index (κ1) is 6.95. The third kappa shape index (κ3) is 3.15. The fourth-order valence-electron chi connectivity index (χ4n) is 0.269. The van der Waals surface area contributed by atoms with Crippen molar-refractivity contribution in [3.8, 4) is 0 Å². The molecule has 0 atom stereocenters. The molecule has 0 saturated carbocycles. The predicted molar refractivity (Wildman–Crippen MR) is 36.6 cm³/mol. The first-order valence-corrected chi connectivity index (χ1v) is 2.34. The van der Waals surface area contributed by atoms with E-state index in [0.29, 0.717) is 5.82 Å². The van der Waals surface area contributed by atoms with Crippen LogP contribution in [0.2, 0.25) is 0 Å². The van der Waals surface area contributed by atoms with Crippen LogP contribution in [0.3, 0.4) is 0 Å². The molecule has 0 spiro atoms. The van der Waals surface area contributed by atoms with Gasteiger partial charge in [0.15, 0.2) is 0 Å². The summed E-state index contributed by atoms with van der Waals surface area (Å²) in [6.45, 7) is 6.74. The van der Waals surface area contributed by atoms with Crippen LogP contribution < -0.4 is 5.73 Å². The molecule has 44 valence electrons. The lowest BCUT2D eigenvalue weighted by Crippen LogP contribution is -1.90. The average molecular weight is 110 g/mol. The molecule has 2 nitrogen and oxygen atoms in total. The van der Waals surface area contributed by atoms with Gasteiger partial charge in [0.2, 0.25) is 0 Å². The molecule has 0 fully saturated rings. The molecule has 0 bridgehead atoms. The summed E-state index contributed by atoms with van der Waals surface area (Å²) in [7, 11) is 0. The standard InChI is InChI=1S/C6H10N2/c1-3-4-5-6(7)8-2/h3,5H,1-2,4,7H2/b6-5+. The van der Waals surface area contributed by atoms with Crippen LogP contribution in [0.25, 0.3) is 0 Å². The molecule has 0 heterocycles. The van der Waals surface area contributed by atoms with Crippen molar-refractivity contribution in [3.05, 3.63) is 24.6 Å². The van der Waals surface area contributed by atoms with Gasteiger partial charge in [-0.25, -0.2) is 4.99 Å². The van der Waals surface area contributed by atoms with Crippen molar-refractivity contribution < 1.29 is 0 Å². The van der Waals surface area contributed by atoms with Crippen LogP contribution in [0.4, 0.5) is 0 Å². The second-order valence-corrected chi connectivity index (χ2v) is 1.31. The van der Waals surface area contributed by atoms with E-state index >= 15 is 0 Å². The molecule has 0 aliphatic heterocycles. The lowest BCUT2D eigenvalue weighted by molar-refractivity contribution is 1.20. The Kier molecular flexibility index (Phi) is 3.58. The van der Waals surface area contributed by atoms with Crippen molar-refractivity contribution >= 4 is 6.72 Å². The number of rotatable bonds is 3. The maximum absolute atomic E-state index is 5.24. The Morgan fingerprint density at radius 2 is 2.38 bits per heavy atom. The molecule has 8 heavy (non-hydrogen) atoms. The Labute approximate surface area is 49.4 Å². The van der Waals surface area contributed by atoms with Crippen molar-refractivity contribution in [2.45, 2.75) is 6.42 Å². The monoisotopic (exact) mass is 110 g/mol. The van der Waals surface area contributed by atoms with Crippen LogP contribution in [0.15, 0.2) is 29.5 Å². The summed E-state index contributed by atoms with van der Waals surface area (Å²) in [5, 5.41) is 0. The van der Waals surface area contributed by atoms with Gasteiger partial charge in [-0.3, -0.25) is 0 Å². The lowest BCUT2D eigenvalue weighted by atomic mass is 10.4. The largest absolute Gasteiger partial charge is 0.384 e. The van der Waals surface area contributed by atoms with E-state index < -0.39 is 0 Å². The molecule has 0 amide bonds. The van der Waals surface area contributed by atoms with E-state index in [2.05, 4.69) is 18.3 Å². The Bertz CT molecular complexity index is 114. The van der Waals surface area contributed by atoms with Gasteiger partial charge in [0.1, 0.15) is 5.82 Å². The van der Waals surface area contributed by atoms with E-state index in [1.54, 1.807) is 12.2 Å². The normalized spacial score (nSPS) is 10.8. The van der Waals surface area contributed by atoms with Gasteiger partial charge in [0.05, 0.1) is 0 Å². The van der Waals surface area contributed by atoms with Gasteiger partial charge in [-0.1, -0.05) is 6.08 Å². The molecule has 0 radical (unpaired) electrons. The molecule has 0 saturated heterocycles. The fraction of sp³-hybridized carbons (Fsp3) is 0.167. The molecule has 0 rings (SSSR count). The number of hydrogen-bond donors (Lipinski definition) is 1. The molecular weight excluding hydrogens is 100 g/mol. The summed E-state index contributed by atoms with van der Waals surface area (Å²) < 4.78 is 0. The third-order valence-electron chi connectivity index (χ3n) is 0.676. The third-order valence-corrected chi connectivity index (χ3v) is 0.676. The van der Waals surface area contributed by atoms with Gasteiger partial charge in [-0.15, -0.1) is 6.58 Å². The number of nitrogens with two attached hydrogens (primary N) is 1. The van der Waals surface area contributed by atoms with E-state index in [1.807, 2.05) is 0 Å². The number of nitrogens with zero attached hydrogens (tertiary/aromatic N) is 1. The van der Waals surface area contributed by atoms with E-state index in [1.165, 1.54) is 0 Å². The lowest BCUT2D eigenvalue weighted by Gasteiger charge is -1.85. The highest BCUT2D eigenvalue weighted by Gasteiger charge is 1.75. The number of aliphatic imine (C=N–C) groups is 1. The van der Waals surface area contributed by atoms with E-state index in [0.717, 1.165) is 6.42 Å². The maximum atomic E-state index is 5.24. The van der Waals surface area contributed by atoms with Crippen LogP contribution in [0, 0.1) is 0 Å². The van der Waals surface area contributed by atoms with Gasteiger partial charge in [-0.2, -0.15) is 0 Å². The zero-order valence-electron chi connectivity index (χ0n) is 4.80. The molecule has 0 aliphatic carbocycles. The fourth-order valence-corrected chi connectivity index (χ4v) is 0.269. The number of hydrogen-bond acceptors (Lipinski definition) is 2. The summed E-state index contributed by atoms with van der Waals surface area (Å²) in [5.41, 5.74) is 5.24. The molecule has 2 N–H and O–H groups in total. The first-order chi connectivity index (χ1) is 3.81. The Hall–Kier alpha value is -1.05. The Morgan fingerprint density at radius 3 is 2.75 bits per heavy atom. The summed E-state index contributed by atoms with van der Waals surface area (Å²) in [6, 6.07) is 0. The van der Waals surface area contributed by atoms with Crippen LogP contribution in [-0.4, -0.2) is 6.72 Å². The van der Waals surface area contributed by atoms with Gasteiger partial charge < -0.3 is 5.73 Å². The minimum absolute atomic E-state index is 0.463. The molecule has 0 aromatic carbocycles. The molecule has 0 aromatic rings. The summed E-state index contributed by atoms with van der Waals surface area (Å²) in [5.74, 6) is 0.463. The summed E-state index contributed by atoms with van der Waals surface area (Å²) in [4.78, 5) is 3.47. The quantitative estimate of drug-likeness (QED) is 0.428. The molecule has 0 aromatic heterocycles. The second kappa shape index (κ2) is 4.12. The van der Waals surface area contributed by atoms with Crippen molar-refractivity contribution in [1.82, 2.24) is 0 Å². The van der Waals surface area contributed by atoms with Gasteiger partial charge in [0.25, 0.3) is 0 Å². The minimum atomic E-state index is 0.463. The van der Waals surface area contributed by atoms with Crippen LogP contribution >= 0.6 is 0 Å². The van der Waals surface area contributed by atoms with Gasteiger partial charge >= 0.3 is 0 Å². The van der Waals surface area contributed by atoms with Crippen LogP contribution in [-0.2, 0) is 0 Å². The van der Waals surface area contributed by atoms with Crippen LogP contribution in [0.5, 0.6) is 0 Å². The summed E-state index contributed by atoms with van der Waals surface area (Å²) in [6.07, 6.45) is 4.25. The first-order valence-electron chi connectivity index (χ1n) is 2.34. The van der Waals surface area contributed by atoms with Crippen molar-refractivity contribution in [2.24, 2.45) is 10.7 Å². The Morgan fingerprint density at radius 1 is 1.75 bits per heavy atom. The predicted octanol–water partition coefficient (Wildman–Crippen LogP) is 1.06. The SMILES string of the molecule is C=CC/C=C(\N)N=C. The highest BCUT2D eigenvalue weighted by Crippen LogP contribution is 1.87. The molecule has 2 heteroatoms. The highest BCUT2D eigenvalue weighted by molar-refractivity contribution is 5.27. The van der Waals surface area contributed by atoms with E-state index in [9.17, 15) is 0 Å². The minimum Gasteiger partial charge on any atom is -0.384 e. The molecule has 0 unspecified atom stereocenters. The van der Waals surface area contributed by atoms with Gasteiger partial charge in [-0.05, 0) is 19.2 Å². The van der Waals surface area contributed by atoms with Crippen LogP contribution in [0.1, 0.15) is 6.42 Å².